The molecule has 1 amide bonds. The van der Waals surface area contributed by atoms with E-state index in [-0.39, 0.29) is 5.56 Å². The topological polar surface area (TPSA) is 90.9 Å². The van der Waals surface area contributed by atoms with Gasteiger partial charge in [-0.05, 0) is 44.2 Å². The van der Waals surface area contributed by atoms with Gasteiger partial charge in [0, 0.05) is 11.9 Å². The number of hydrogen-bond acceptors (Lipinski definition) is 6. The molecule has 152 valence electrons. The SMILES string of the molecule is CCOC(=O)c1ccc2c(c1)sc(=NC(=O)c1cc3ccccc3oc1=O)n2CC. The van der Waals surface area contributed by atoms with Gasteiger partial charge in [-0.1, -0.05) is 29.5 Å². The zero-order valence-corrected chi connectivity index (χ0v) is 17.2. The zero-order chi connectivity index (χ0) is 21.3. The third kappa shape index (κ3) is 3.57. The van der Waals surface area contributed by atoms with Crippen LogP contribution in [-0.4, -0.2) is 23.1 Å². The summed E-state index contributed by atoms with van der Waals surface area (Å²) >= 11 is 1.27. The average Bonchev–Trinajstić information content (AvgIpc) is 3.09. The minimum absolute atomic E-state index is 0.124. The highest BCUT2D eigenvalue weighted by molar-refractivity contribution is 7.16. The van der Waals surface area contributed by atoms with Crippen LogP contribution in [0.4, 0.5) is 0 Å². The van der Waals surface area contributed by atoms with Gasteiger partial charge in [-0.3, -0.25) is 4.79 Å². The Morgan fingerprint density at radius 1 is 1.13 bits per heavy atom. The summed E-state index contributed by atoms with van der Waals surface area (Å²) in [6.07, 6.45) is 0. The number of hydrogen-bond donors (Lipinski definition) is 0. The zero-order valence-electron chi connectivity index (χ0n) is 16.4. The Labute approximate surface area is 174 Å². The van der Waals surface area contributed by atoms with Gasteiger partial charge in [0.15, 0.2) is 4.80 Å². The first-order valence-electron chi connectivity index (χ1n) is 9.44. The highest BCUT2D eigenvalue weighted by Crippen LogP contribution is 2.20. The molecule has 4 aromatic rings. The molecular formula is C22H18N2O5S. The second-order valence-electron chi connectivity index (χ2n) is 6.43. The maximum Gasteiger partial charge on any atom is 0.349 e. The van der Waals surface area contributed by atoms with E-state index in [1.807, 2.05) is 11.5 Å². The molecule has 0 saturated heterocycles. The number of carbonyl (C=O) groups excluding carboxylic acids is 2. The lowest BCUT2D eigenvalue weighted by Gasteiger charge is -2.03. The van der Waals surface area contributed by atoms with Gasteiger partial charge in [-0.25, -0.2) is 9.59 Å². The normalized spacial score (nSPS) is 11.9. The lowest BCUT2D eigenvalue weighted by atomic mass is 10.2. The number of rotatable bonds is 4. The first-order valence-corrected chi connectivity index (χ1v) is 10.3. The summed E-state index contributed by atoms with van der Waals surface area (Å²) in [5.74, 6) is -1.08. The van der Waals surface area contributed by atoms with Crippen LogP contribution in [0.5, 0.6) is 0 Å². The largest absolute Gasteiger partial charge is 0.462 e. The number of aryl methyl sites for hydroxylation is 1. The van der Waals surface area contributed by atoms with Crippen molar-refractivity contribution in [2.45, 2.75) is 20.4 Å². The number of nitrogens with zero attached hydrogens (tertiary/aromatic N) is 2. The standard InChI is InChI=1S/C22H18N2O5S/c1-3-24-16-10-9-14(20(26)28-4-2)12-18(16)30-22(24)23-19(25)15-11-13-7-5-6-8-17(13)29-21(15)27/h5-12H,3-4H2,1-2H3. The molecule has 0 aliphatic carbocycles. The molecule has 8 heteroatoms. The minimum Gasteiger partial charge on any atom is -0.462 e. The molecule has 7 nitrogen and oxygen atoms in total. The third-order valence-electron chi connectivity index (χ3n) is 4.58. The summed E-state index contributed by atoms with van der Waals surface area (Å²) in [5, 5.41) is 0.648. The Balaban J connectivity index is 1.82. The average molecular weight is 422 g/mol. The predicted molar refractivity (Wildman–Crippen MR) is 114 cm³/mol. The molecule has 0 unspecified atom stereocenters. The number of para-hydroxylation sites is 1. The molecule has 0 bridgehead atoms. The van der Waals surface area contributed by atoms with Crippen LogP contribution in [0.25, 0.3) is 21.2 Å². The number of aromatic nitrogens is 1. The second-order valence-corrected chi connectivity index (χ2v) is 7.44. The van der Waals surface area contributed by atoms with Crippen molar-refractivity contribution in [3.8, 4) is 0 Å². The molecule has 2 heterocycles. The van der Waals surface area contributed by atoms with Gasteiger partial charge < -0.3 is 13.7 Å². The van der Waals surface area contributed by atoms with Gasteiger partial charge in [0.05, 0.1) is 22.4 Å². The van der Waals surface area contributed by atoms with E-state index in [1.165, 1.54) is 17.4 Å². The lowest BCUT2D eigenvalue weighted by molar-refractivity contribution is 0.0526. The van der Waals surface area contributed by atoms with Gasteiger partial charge in [-0.2, -0.15) is 4.99 Å². The van der Waals surface area contributed by atoms with Gasteiger partial charge in [0.1, 0.15) is 11.1 Å². The number of fused-ring (bicyclic) bond motifs is 2. The van der Waals surface area contributed by atoms with E-state index in [4.69, 9.17) is 9.15 Å². The maximum absolute atomic E-state index is 12.8. The smallest absolute Gasteiger partial charge is 0.349 e. The Morgan fingerprint density at radius 3 is 2.70 bits per heavy atom. The van der Waals surface area contributed by atoms with E-state index in [9.17, 15) is 14.4 Å². The number of ether oxygens (including phenoxy) is 1. The maximum atomic E-state index is 12.8. The summed E-state index contributed by atoms with van der Waals surface area (Å²) in [6, 6.07) is 13.7. The molecule has 2 aromatic heterocycles. The molecule has 2 aromatic carbocycles. The van der Waals surface area contributed by atoms with Crippen molar-refractivity contribution in [1.82, 2.24) is 4.57 Å². The quantitative estimate of drug-likeness (QED) is 0.369. The van der Waals surface area contributed by atoms with Crippen molar-refractivity contribution in [3.63, 3.8) is 0 Å². The summed E-state index contributed by atoms with van der Waals surface area (Å²) < 4.78 is 12.9. The van der Waals surface area contributed by atoms with Gasteiger partial charge in [0.2, 0.25) is 0 Å². The van der Waals surface area contributed by atoms with Crippen molar-refractivity contribution in [2.75, 3.05) is 6.61 Å². The first-order chi connectivity index (χ1) is 14.5. The molecule has 0 N–H and O–H groups in total. The van der Waals surface area contributed by atoms with E-state index >= 15 is 0 Å². The fraction of sp³-hybridized carbons (Fsp3) is 0.182. The van der Waals surface area contributed by atoms with Crippen LogP contribution in [0, 0.1) is 0 Å². The van der Waals surface area contributed by atoms with Crippen LogP contribution in [0.3, 0.4) is 0 Å². The number of amides is 1. The summed E-state index contributed by atoms with van der Waals surface area (Å²) in [5.41, 5.74) is 0.836. The molecule has 0 spiro atoms. The van der Waals surface area contributed by atoms with E-state index in [0.717, 1.165) is 10.2 Å². The minimum atomic E-state index is -0.726. The molecule has 4 rings (SSSR count). The van der Waals surface area contributed by atoms with Crippen LogP contribution < -0.4 is 10.4 Å². The van der Waals surface area contributed by atoms with E-state index in [0.29, 0.717) is 34.5 Å². The van der Waals surface area contributed by atoms with Crippen LogP contribution in [0.1, 0.15) is 34.6 Å². The molecule has 0 saturated carbocycles. The Morgan fingerprint density at radius 2 is 1.93 bits per heavy atom. The third-order valence-corrected chi connectivity index (χ3v) is 5.62. The van der Waals surface area contributed by atoms with Crippen molar-refractivity contribution < 1.29 is 18.7 Å². The molecular weight excluding hydrogens is 404 g/mol. The predicted octanol–water partition coefficient (Wildman–Crippen LogP) is 3.75. The van der Waals surface area contributed by atoms with E-state index in [2.05, 4.69) is 4.99 Å². The summed E-state index contributed by atoms with van der Waals surface area (Å²) in [6.45, 7) is 4.54. The van der Waals surface area contributed by atoms with Crippen LogP contribution in [-0.2, 0) is 11.3 Å². The van der Waals surface area contributed by atoms with Crippen LogP contribution in [0.2, 0.25) is 0 Å². The van der Waals surface area contributed by atoms with Crippen molar-refractivity contribution in [3.05, 3.63) is 74.9 Å². The molecule has 0 aliphatic rings. The first kappa shape index (κ1) is 19.8. The number of thiazole rings is 1. The summed E-state index contributed by atoms with van der Waals surface area (Å²) in [7, 11) is 0. The molecule has 0 fully saturated rings. The fourth-order valence-electron chi connectivity index (χ4n) is 3.16. The Hall–Kier alpha value is -3.52. The van der Waals surface area contributed by atoms with Crippen LogP contribution >= 0.6 is 11.3 Å². The fourth-order valence-corrected chi connectivity index (χ4v) is 4.30. The Bertz CT molecular complexity index is 1410. The second kappa shape index (κ2) is 8.08. The van der Waals surface area contributed by atoms with Crippen molar-refractivity contribution in [2.24, 2.45) is 4.99 Å². The molecule has 0 atom stereocenters. The monoisotopic (exact) mass is 422 g/mol. The Kier molecular flexibility index (Phi) is 5.33. The summed E-state index contributed by atoms with van der Waals surface area (Å²) in [4.78, 5) is 41.7. The van der Waals surface area contributed by atoms with E-state index < -0.39 is 17.5 Å². The van der Waals surface area contributed by atoms with Gasteiger partial charge in [0.25, 0.3) is 5.91 Å². The highest BCUT2D eigenvalue weighted by atomic mass is 32.1. The van der Waals surface area contributed by atoms with Gasteiger partial charge in [-0.15, -0.1) is 0 Å². The van der Waals surface area contributed by atoms with Gasteiger partial charge >= 0.3 is 11.6 Å². The molecule has 30 heavy (non-hydrogen) atoms. The highest BCUT2D eigenvalue weighted by Gasteiger charge is 2.15. The number of carbonyl (C=O) groups is 2. The van der Waals surface area contributed by atoms with E-state index in [1.54, 1.807) is 49.4 Å². The lowest BCUT2D eigenvalue weighted by Crippen LogP contribution is -2.19. The van der Waals surface area contributed by atoms with Crippen molar-refractivity contribution >= 4 is 44.4 Å². The number of benzene rings is 2. The molecule has 0 aliphatic heterocycles. The van der Waals surface area contributed by atoms with Crippen LogP contribution in [0.15, 0.2) is 62.7 Å². The van der Waals surface area contributed by atoms with Crippen molar-refractivity contribution in [1.29, 1.82) is 0 Å². The molecule has 0 radical (unpaired) electrons. The number of esters is 1.